The fourth-order valence-corrected chi connectivity index (χ4v) is 13.0. The van der Waals surface area contributed by atoms with Gasteiger partial charge in [-0.3, -0.25) is 13.3 Å². The van der Waals surface area contributed by atoms with Crippen molar-refractivity contribution in [2.45, 2.75) is 45.5 Å². The van der Waals surface area contributed by atoms with Crippen molar-refractivity contribution in [2.24, 2.45) is 7.05 Å². The van der Waals surface area contributed by atoms with Gasteiger partial charge >= 0.3 is 12.4 Å². The van der Waals surface area contributed by atoms with E-state index in [0.29, 0.717) is 103 Å². The maximum absolute atomic E-state index is 13.6. The van der Waals surface area contributed by atoms with Crippen molar-refractivity contribution in [1.82, 2.24) is 73.6 Å². The summed E-state index contributed by atoms with van der Waals surface area (Å²) < 4.78 is 167. The van der Waals surface area contributed by atoms with Crippen LogP contribution in [0.4, 0.5) is 52.7 Å². The van der Waals surface area contributed by atoms with E-state index in [4.69, 9.17) is 9.97 Å². The maximum atomic E-state index is 13.6. The third kappa shape index (κ3) is 21.0. The van der Waals surface area contributed by atoms with Crippen molar-refractivity contribution in [1.29, 1.82) is 0 Å². The van der Waals surface area contributed by atoms with Crippen molar-refractivity contribution in [2.75, 3.05) is 0 Å². The number of pyridine rings is 1. The third-order valence-electron chi connectivity index (χ3n) is 18.9. The molecule has 0 saturated heterocycles. The fourth-order valence-electron chi connectivity index (χ4n) is 13.0. The first-order valence-corrected chi connectivity index (χ1v) is 36.6. The molecule has 31 heteroatoms. The summed E-state index contributed by atoms with van der Waals surface area (Å²) >= 11 is 0. The van der Waals surface area contributed by atoms with E-state index in [-0.39, 0.29) is 115 Å². The minimum atomic E-state index is -4.41. The van der Waals surface area contributed by atoms with Crippen molar-refractivity contribution in [3.8, 4) is 114 Å². The van der Waals surface area contributed by atoms with Crippen LogP contribution in [0.5, 0.6) is 0 Å². The number of para-hydroxylation sites is 4. The first-order valence-electron chi connectivity index (χ1n) is 36.6. The molecule has 0 unspecified atom stereocenters. The fraction of sp³-hybridized carbons (Fsp3) is 0.0870. The molecule has 15 nitrogen and oxygen atoms in total. The van der Waals surface area contributed by atoms with Gasteiger partial charge < -0.3 is 18.3 Å². The Morgan fingerprint density at radius 2 is 0.724 bits per heavy atom. The number of aryl methyl sites for hydroxylation is 3. The first kappa shape index (κ1) is 91.6. The number of aromatic nitrogens is 15. The zero-order valence-corrected chi connectivity index (χ0v) is 74.0. The first-order chi connectivity index (χ1) is 57.3. The molecule has 18 rings (SSSR count). The molecule has 0 aliphatic rings. The normalized spacial score (nSPS) is 11.2. The van der Waals surface area contributed by atoms with E-state index in [2.05, 4.69) is 65.1 Å². The van der Waals surface area contributed by atoms with Gasteiger partial charge in [-0.2, -0.15) is 46.7 Å². The van der Waals surface area contributed by atoms with Crippen molar-refractivity contribution < 1.29 is 133 Å². The minimum Gasteiger partial charge on any atom is -0.316 e. The molecular formula is C92H61F12Ir4N15-4. The van der Waals surface area contributed by atoms with E-state index >= 15 is 0 Å². The van der Waals surface area contributed by atoms with E-state index in [1.165, 1.54) is 84.9 Å². The van der Waals surface area contributed by atoms with Gasteiger partial charge in [0, 0.05) is 144 Å². The van der Waals surface area contributed by atoms with Gasteiger partial charge in [0.15, 0.2) is 23.3 Å². The van der Waals surface area contributed by atoms with E-state index < -0.39 is 30.3 Å². The smallest absolute Gasteiger partial charge is 0.316 e. The van der Waals surface area contributed by atoms with Crippen LogP contribution < -0.4 is 0 Å². The second-order valence-corrected chi connectivity index (χ2v) is 27.2. The number of hydrogen-bond acceptors (Lipinski definition) is 10. The number of halogens is 12. The molecule has 6 aromatic heterocycles. The van der Waals surface area contributed by atoms with Crippen LogP contribution in [0.15, 0.2) is 285 Å². The van der Waals surface area contributed by atoms with E-state index in [1.807, 2.05) is 170 Å². The van der Waals surface area contributed by atoms with Crippen LogP contribution in [0.2, 0.25) is 0 Å². The van der Waals surface area contributed by atoms with Crippen LogP contribution in [-0.2, 0) is 106 Å². The molecule has 0 bridgehead atoms. The van der Waals surface area contributed by atoms with Gasteiger partial charge in [-0.25, -0.2) is 27.5 Å². The average Bonchev–Trinajstić information content (AvgIpc) is 1.75. The SMILES string of the molecule is CC(F)(F)c1c[c-]c(-c2nnc(-c3ccc(CC(F)(F)F)cc3)n2-c2ccccc2)cc1.Cc1ccc(-c2nnc(-c3[c-]cc(C(F)(F)F)cc3)n2-c2ccccc2)cc1.Cc1nc(-n2c(-c3[c-]cc(F)cc3)nnc2-c2ccc(F)cc2)cc2ccccc12.Cn1c(-n2c(-c3[c-]cc(F)cc3)nnc2-c2ccc(F)cc2)nc2ccccc21.[Ir].[Ir].[Ir].[Ir]. The molecule has 0 aliphatic carbocycles. The topological polar surface area (TPSA) is 154 Å². The van der Waals surface area contributed by atoms with Gasteiger partial charge in [0.25, 0.3) is 0 Å². The summed E-state index contributed by atoms with van der Waals surface area (Å²) in [4.78, 5) is 9.52. The summed E-state index contributed by atoms with van der Waals surface area (Å²) in [5.74, 6) is 0.498. The Morgan fingerprint density at radius 3 is 1.15 bits per heavy atom. The standard InChI is InChI=1S/C24H17F5N3.C24H15F2N4.C22H15F3N3.C22H14F2N5.4Ir/c1-23(25,26)19-13-11-18(12-14-19)22-31-30-21(32(22)20-5-3-2-4-6-20)17-9-7-16(8-10-17)15-24(27,28)29;1-15-21-5-3-2-4-18(21)14-22(27-15)30-23(16-6-10-19(25)11-7-16)28-29-24(30)17-8-12-20(26)13-9-17;1-15-7-9-16(10-8-15)20-26-27-21(28(20)19-5-3-2-4-6-19)17-11-13-18(14-12-17)22(23,24)25;1-28-19-5-3-2-4-18(19)25-22(28)29-20(14-6-10-16(23)11-7-14)26-27-21(29)15-8-12-17(24)13-9-15;;;;/h2-11,13-14H,15H2,1H3;2-8,10-14H,1H3;2-11,13-14H,1H3;2-8,10-13H,1H3;;;;/q4*-1;;;;. The van der Waals surface area contributed by atoms with Gasteiger partial charge in [-0.1, -0.05) is 132 Å². The molecular weight excluding hydrogens is 2310 g/mol. The molecule has 0 amide bonds. The van der Waals surface area contributed by atoms with Crippen LogP contribution in [0, 0.1) is 61.4 Å². The number of rotatable bonds is 14. The van der Waals surface area contributed by atoms with Gasteiger partial charge in [-0.05, 0) is 128 Å². The Hall–Kier alpha value is -12.2. The zero-order valence-electron chi connectivity index (χ0n) is 64.4. The second-order valence-electron chi connectivity index (χ2n) is 27.2. The molecule has 6 heterocycles. The molecule has 0 saturated carbocycles. The third-order valence-corrected chi connectivity index (χ3v) is 18.9. The van der Waals surface area contributed by atoms with Crippen molar-refractivity contribution >= 4 is 21.8 Å². The Labute approximate surface area is 750 Å². The van der Waals surface area contributed by atoms with Gasteiger partial charge in [0.2, 0.25) is 11.9 Å². The monoisotopic (exact) mass is 2380 g/mol. The minimum absolute atomic E-state index is 0. The molecule has 123 heavy (non-hydrogen) atoms. The molecule has 628 valence electrons. The number of alkyl halides is 8. The van der Waals surface area contributed by atoms with Gasteiger partial charge in [0.05, 0.1) is 40.8 Å². The van der Waals surface area contributed by atoms with Crippen LogP contribution in [0.1, 0.15) is 34.9 Å². The number of nitrogens with zero attached hydrogens (tertiary/aromatic N) is 15. The molecule has 0 aliphatic heterocycles. The van der Waals surface area contributed by atoms with Gasteiger partial charge in [-0.15, -0.1) is 140 Å². The maximum Gasteiger partial charge on any atom is 0.393 e. The Morgan fingerprint density at radius 1 is 0.350 bits per heavy atom. The zero-order chi connectivity index (χ0) is 83.3. The predicted molar refractivity (Wildman–Crippen MR) is 427 cm³/mol. The molecule has 12 aromatic carbocycles. The molecule has 4 radical (unpaired) electrons. The summed E-state index contributed by atoms with van der Waals surface area (Å²) in [6.45, 7) is 4.74. The molecule has 0 atom stereocenters. The van der Waals surface area contributed by atoms with Gasteiger partial charge in [0.1, 0.15) is 17.5 Å². The van der Waals surface area contributed by atoms with Crippen LogP contribution >= 0.6 is 0 Å². The molecule has 0 N–H and O–H groups in total. The van der Waals surface area contributed by atoms with E-state index in [0.717, 1.165) is 63.4 Å². The number of hydrogen-bond donors (Lipinski definition) is 0. The average molecular weight is 2370 g/mol. The predicted octanol–water partition coefficient (Wildman–Crippen LogP) is 22.4. The Kier molecular flexibility index (Phi) is 29.3. The quantitative estimate of drug-likeness (QED) is 0.0759. The number of benzene rings is 12. The number of fused-ring (bicyclic) bond motifs is 2. The van der Waals surface area contributed by atoms with Crippen molar-refractivity contribution in [3.63, 3.8) is 0 Å². The summed E-state index contributed by atoms with van der Waals surface area (Å²) in [5.41, 5.74) is 9.28. The van der Waals surface area contributed by atoms with Crippen molar-refractivity contribution in [3.05, 3.63) is 361 Å². The summed E-state index contributed by atoms with van der Waals surface area (Å²) in [5, 5.41) is 36.4. The largest absolute Gasteiger partial charge is 0.393 e. The summed E-state index contributed by atoms with van der Waals surface area (Å²) in [6, 6.07) is 89.1. The van der Waals surface area contributed by atoms with E-state index in [9.17, 15) is 52.7 Å². The molecule has 18 aromatic rings. The van der Waals surface area contributed by atoms with Crippen LogP contribution in [-0.4, -0.2) is 79.8 Å². The van der Waals surface area contributed by atoms with Crippen LogP contribution in [0.25, 0.3) is 136 Å². The summed E-state index contributed by atoms with van der Waals surface area (Å²) in [6.07, 6.45) is -9.72. The molecule has 0 spiro atoms. The molecule has 0 fully saturated rings. The van der Waals surface area contributed by atoms with Crippen LogP contribution in [0.3, 0.4) is 0 Å². The second kappa shape index (κ2) is 39.3. The number of imidazole rings is 1. The Balaban J connectivity index is 0.000000158. The Bertz CT molecular complexity index is 6440. The summed E-state index contributed by atoms with van der Waals surface area (Å²) in [7, 11) is 1.90. The van der Waals surface area contributed by atoms with E-state index in [1.54, 1.807) is 62.2 Å².